The quantitative estimate of drug-likeness (QED) is 0.489. The standard InChI is InChI=1S/C8H7F2NO2.CCl2O/c1-13-8(12)4-2-5(9)6(10)3-7(4)11;2-1(3)4/h2-3H,11H2,1H3;. The molecule has 0 radical (unpaired) electrons. The summed E-state index contributed by atoms with van der Waals surface area (Å²) in [6, 6.07) is 1.44. The summed E-state index contributed by atoms with van der Waals surface area (Å²) in [6.07, 6.45) is 0. The van der Waals surface area contributed by atoms with Crippen LogP contribution in [0.15, 0.2) is 12.1 Å². The Morgan fingerprint density at radius 1 is 1.24 bits per heavy atom. The van der Waals surface area contributed by atoms with Crippen molar-refractivity contribution in [1.82, 2.24) is 0 Å². The lowest BCUT2D eigenvalue weighted by Gasteiger charge is -2.03. The number of hydrogen-bond acceptors (Lipinski definition) is 4. The highest BCUT2D eigenvalue weighted by Gasteiger charge is 2.14. The van der Waals surface area contributed by atoms with E-state index in [9.17, 15) is 13.6 Å². The van der Waals surface area contributed by atoms with Gasteiger partial charge >= 0.3 is 10.7 Å². The number of methoxy groups -OCH3 is 1. The van der Waals surface area contributed by atoms with E-state index in [2.05, 4.69) is 27.9 Å². The van der Waals surface area contributed by atoms with Crippen LogP contribution in [0.5, 0.6) is 0 Å². The molecule has 8 heteroatoms. The van der Waals surface area contributed by atoms with Crippen LogP contribution in [0.3, 0.4) is 0 Å². The molecule has 1 aromatic carbocycles. The van der Waals surface area contributed by atoms with Gasteiger partial charge in [0.2, 0.25) is 0 Å². The third-order valence-electron chi connectivity index (χ3n) is 1.50. The maximum absolute atomic E-state index is 12.6. The number of hydrogen-bond donors (Lipinski definition) is 1. The predicted octanol–water partition coefficient (Wildman–Crippen LogP) is 2.92. The fourth-order valence-corrected chi connectivity index (χ4v) is 0.849. The largest absolute Gasteiger partial charge is 0.465 e. The molecule has 0 aliphatic carbocycles. The molecule has 0 saturated carbocycles. The first-order valence-corrected chi connectivity index (χ1v) is 4.73. The maximum Gasteiger partial charge on any atom is 0.340 e. The normalized spacial score (nSPS) is 9.00. The fourth-order valence-electron chi connectivity index (χ4n) is 0.849. The molecule has 1 aromatic rings. The van der Waals surface area contributed by atoms with Crippen molar-refractivity contribution in [1.29, 1.82) is 0 Å². The number of rotatable bonds is 1. The van der Waals surface area contributed by atoms with Gasteiger partial charge in [0.25, 0.3) is 0 Å². The number of anilines is 1. The van der Waals surface area contributed by atoms with Gasteiger partial charge in [-0.1, -0.05) is 0 Å². The summed E-state index contributed by atoms with van der Waals surface area (Å²) in [5, 5.41) is 0. The van der Waals surface area contributed by atoms with E-state index in [1.54, 1.807) is 0 Å². The molecule has 0 fully saturated rings. The highest BCUT2D eigenvalue weighted by molar-refractivity contribution is 6.93. The topological polar surface area (TPSA) is 69.4 Å². The van der Waals surface area contributed by atoms with Crippen LogP contribution in [-0.4, -0.2) is 17.8 Å². The average Bonchev–Trinajstić information content (AvgIpc) is 2.21. The number of benzene rings is 1. The first-order chi connectivity index (χ1) is 7.79. The van der Waals surface area contributed by atoms with Gasteiger partial charge in [0.15, 0.2) is 11.6 Å². The monoisotopic (exact) mass is 285 g/mol. The summed E-state index contributed by atoms with van der Waals surface area (Å²) in [7, 11) is 1.13. The van der Waals surface area contributed by atoms with Crippen molar-refractivity contribution in [3.63, 3.8) is 0 Å². The van der Waals surface area contributed by atoms with Crippen molar-refractivity contribution in [2.45, 2.75) is 0 Å². The number of nitrogen functional groups attached to an aromatic ring is 1. The zero-order valence-electron chi connectivity index (χ0n) is 8.47. The number of esters is 1. The Labute approximate surface area is 105 Å². The minimum Gasteiger partial charge on any atom is -0.465 e. The number of carbonyl (C=O) groups is 2. The van der Waals surface area contributed by atoms with Gasteiger partial charge in [0.1, 0.15) is 0 Å². The maximum atomic E-state index is 12.6. The zero-order valence-corrected chi connectivity index (χ0v) is 9.98. The van der Waals surface area contributed by atoms with E-state index in [0.717, 1.165) is 13.2 Å². The summed E-state index contributed by atoms with van der Waals surface area (Å²) in [5.74, 6) is -3.02. The highest BCUT2D eigenvalue weighted by atomic mass is 35.5. The minimum atomic E-state index is -1.13. The first kappa shape index (κ1) is 15.6. The van der Waals surface area contributed by atoms with E-state index in [4.69, 9.17) is 10.5 Å². The summed E-state index contributed by atoms with van der Waals surface area (Å²) in [4.78, 5) is 19.9. The molecule has 0 aliphatic heterocycles. The number of ether oxygens (including phenoxy) is 1. The Hall–Kier alpha value is -1.40. The van der Waals surface area contributed by atoms with Crippen molar-refractivity contribution in [2.24, 2.45) is 0 Å². The number of halogens is 4. The molecule has 94 valence electrons. The Morgan fingerprint density at radius 2 is 1.65 bits per heavy atom. The smallest absolute Gasteiger partial charge is 0.340 e. The Kier molecular flexibility index (Phi) is 6.45. The lowest BCUT2D eigenvalue weighted by Crippen LogP contribution is -2.07. The second kappa shape index (κ2) is 7.03. The van der Waals surface area contributed by atoms with Crippen molar-refractivity contribution in [3.8, 4) is 0 Å². The highest BCUT2D eigenvalue weighted by Crippen LogP contribution is 2.17. The molecular weight excluding hydrogens is 279 g/mol. The van der Waals surface area contributed by atoms with E-state index in [0.29, 0.717) is 6.07 Å². The molecule has 0 atom stereocenters. The van der Waals surface area contributed by atoms with Crippen LogP contribution < -0.4 is 5.73 Å². The first-order valence-electron chi connectivity index (χ1n) is 3.97. The minimum absolute atomic E-state index is 0.147. The van der Waals surface area contributed by atoms with Crippen LogP contribution in [0.2, 0.25) is 0 Å². The summed E-state index contributed by atoms with van der Waals surface area (Å²) in [6.45, 7) is 0. The van der Waals surface area contributed by atoms with Crippen LogP contribution in [0.4, 0.5) is 19.3 Å². The molecule has 0 unspecified atom stereocenters. The number of carbonyl (C=O) groups excluding carboxylic acids is 2. The summed E-state index contributed by atoms with van der Waals surface area (Å²) in [5.41, 5.74) is 4.93. The molecule has 0 aliphatic rings. The predicted molar refractivity (Wildman–Crippen MR) is 59.2 cm³/mol. The average molecular weight is 286 g/mol. The van der Waals surface area contributed by atoms with Gasteiger partial charge in [-0.25, -0.2) is 13.6 Å². The second-order valence-corrected chi connectivity index (χ2v) is 3.45. The molecule has 4 nitrogen and oxygen atoms in total. The van der Waals surface area contributed by atoms with Crippen molar-refractivity contribution >= 4 is 39.6 Å². The molecule has 1 rings (SSSR count). The van der Waals surface area contributed by atoms with Crippen LogP contribution in [0, 0.1) is 11.6 Å². The van der Waals surface area contributed by atoms with Crippen LogP contribution in [-0.2, 0) is 4.74 Å². The van der Waals surface area contributed by atoms with Gasteiger partial charge in [0.05, 0.1) is 12.7 Å². The SMILES string of the molecule is COC(=O)c1cc(F)c(F)cc1N.O=C(Cl)Cl. The molecular formula is C9H7Cl2F2NO3. The van der Waals surface area contributed by atoms with Gasteiger partial charge in [0, 0.05) is 11.8 Å². The van der Waals surface area contributed by atoms with Crippen LogP contribution >= 0.6 is 23.2 Å². The van der Waals surface area contributed by atoms with Gasteiger partial charge in [-0.2, -0.15) is 0 Å². The lowest BCUT2D eigenvalue weighted by molar-refractivity contribution is 0.0601. The molecule has 0 amide bonds. The van der Waals surface area contributed by atoms with Crippen LogP contribution in [0.25, 0.3) is 0 Å². The van der Waals surface area contributed by atoms with Crippen molar-refractivity contribution in [3.05, 3.63) is 29.3 Å². The van der Waals surface area contributed by atoms with Gasteiger partial charge < -0.3 is 10.5 Å². The molecule has 17 heavy (non-hydrogen) atoms. The second-order valence-electron chi connectivity index (χ2n) is 2.57. The molecule has 0 aromatic heterocycles. The van der Waals surface area contributed by atoms with Crippen molar-refractivity contribution < 1.29 is 23.1 Å². The molecule has 0 heterocycles. The van der Waals surface area contributed by atoms with E-state index in [1.807, 2.05) is 0 Å². The Bertz CT molecular complexity index is 436. The number of nitrogens with two attached hydrogens (primary N) is 1. The van der Waals surface area contributed by atoms with Crippen molar-refractivity contribution in [2.75, 3.05) is 12.8 Å². The molecule has 2 N–H and O–H groups in total. The zero-order chi connectivity index (χ0) is 13.6. The van der Waals surface area contributed by atoms with E-state index in [1.165, 1.54) is 0 Å². The van der Waals surface area contributed by atoms with E-state index >= 15 is 0 Å². The Morgan fingerprint density at radius 3 is 2.06 bits per heavy atom. The van der Waals surface area contributed by atoms with E-state index < -0.39 is 22.3 Å². The van der Waals surface area contributed by atoms with Gasteiger partial charge in [-0.05, 0) is 29.3 Å². The molecule has 0 bridgehead atoms. The fraction of sp³-hybridized carbons (Fsp3) is 0.111. The molecule has 0 spiro atoms. The third-order valence-corrected chi connectivity index (χ3v) is 1.50. The molecule has 0 saturated heterocycles. The lowest BCUT2D eigenvalue weighted by atomic mass is 10.2. The third kappa shape index (κ3) is 5.46. The van der Waals surface area contributed by atoms with E-state index in [-0.39, 0.29) is 11.3 Å². The van der Waals surface area contributed by atoms with Gasteiger partial charge in [-0.3, -0.25) is 4.79 Å². The summed E-state index contributed by atoms with van der Waals surface area (Å²) < 4.78 is 28.6. The Balaban J connectivity index is 0.000000557. The van der Waals surface area contributed by atoms with Crippen LogP contribution in [0.1, 0.15) is 10.4 Å². The van der Waals surface area contributed by atoms with Gasteiger partial charge in [-0.15, -0.1) is 0 Å². The summed E-state index contributed by atoms with van der Waals surface area (Å²) >= 11 is 8.80.